The molecule has 0 atom stereocenters. The molecule has 0 radical (unpaired) electrons. The van der Waals surface area contributed by atoms with Gasteiger partial charge in [0.05, 0.1) is 11.1 Å². The number of fused-ring (bicyclic) bond motifs is 1. The van der Waals surface area contributed by atoms with Crippen LogP contribution in [0.2, 0.25) is 0 Å². The fourth-order valence-corrected chi connectivity index (χ4v) is 4.01. The van der Waals surface area contributed by atoms with E-state index in [9.17, 15) is 14.0 Å². The molecule has 0 aliphatic rings. The van der Waals surface area contributed by atoms with Gasteiger partial charge >= 0.3 is 0 Å². The fraction of sp³-hybridized carbons (Fsp3) is 0. The van der Waals surface area contributed by atoms with Crippen molar-refractivity contribution in [2.45, 2.75) is 0 Å². The third-order valence-corrected chi connectivity index (χ3v) is 5.29. The van der Waals surface area contributed by atoms with Crippen molar-refractivity contribution in [1.29, 1.82) is 0 Å². The number of benzene rings is 3. The zero-order valence-electron chi connectivity index (χ0n) is 14.1. The molecule has 1 amide bonds. The Morgan fingerprint density at radius 1 is 0.852 bits per heavy atom. The molecule has 0 aliphatic carbocycles. The number of nitrogens with one attached hydrogen (secondary N) is 1. The Kier molecular flexibility index (Phi) is 4.52. The highest BCUT2D eigenvalue weighted by atomic mass is 32.1. The molecule has 1 N–H and O–H groups in total. The van der Waals surface area contributed by atoms with E-state index in [1.807, 2.05) is 48.5 Å². The van der Waals surface area contributed by atoms with Crippen LogP contribution in [-0.2, 0) is 0 Å². The van der Waals surface area contributed by atoms with Crippen LogP contribution in [0.1, 0.15) is 10.4 Å². The van der Waals surface area contributed by atoms with E-state index in [0.29, 0.717) is 21.5 Å². The van der Waals surface area contributed by atoms with Gasteiger partial charge in [0.1, 0.15) is 10.8 Å². The molecular formula is C22H14FNO2S. The first kappa shape index (κ1) is 17.1. The summed E-state index contributed by atoms with van der Waals surface area (Å²) in [6.07, 6.45) is 0. The van der Waals surface area contributed by atoms with Crippen molar-refractivity contribution in [1.82, 2.24) is 0 Å². The summed E-state index contributed by atoms with van der Waals surface area (Å²) in [5.41, 5.74) is 0.876. The summed E-state index contributed by atoms with van der Waals surface area (Å²) in [7, 11) is 0. The molecular weight excluding hydrogens is 361 g/mol. The average molecular weight is 375 g/mol. The second kappa shape index (κ2) is 7.13. The Morgan fingerprint density at radius 2 is 1.52 bits per heavy atom. The monoisotopic (exact) mass is 375 g/mol. The van der Waals surface area contributed by atoms with Crippen LogP contribution in [0.3, 0.4) is 0 Å². The van der Waals surface area contributed by atoms with Crippen LogP contribution in [0.15, 0.2) is 83.7 Å². The lowest BCUT2D eigenvalue weighted by molar-refractivity contribution is 0.102. The topological polar surface area (TPSA) is 46.2 Å². The maximum Gasteiger partial charge on any atom is 0.259 e. The second-order valence-electron chi connectivity index (χ2n) is 5.93. The molecule has 3 aromatic carbocycles. The molecule has 5 heteroatoms. The van der Waals surface area contributed by atoms with Crippen molar-refractivity contribution in [3.05, 3.63) is 100 Å². The fourth-order valence-electron chi connectivity index (χ4n) is 2.91. The normalized spacial score (nSPS) is 10.7. The average Bonchev–Trinajstić information content (AvgIpc) is 2.69. The SMILES string of the molecule is O=C(Nc1sc2ccccc2c(=O)c1-c1ccccc1)c1ccccc1F. The predicted octanol–water partition coefficient (Wildman–Crippen LogP) is 5.32. The minimum atomic E-state index is -0.607. The molecule has 4 rings (SSSR count). The van der Waals surface area contributed by atoms with Crippen molar-refractivity contribution in [3.63, 3.8) is 0 Å². The first-order valence-electron chi connectivity index (χ1n) is 8.32. The molecule has 3 nitrogen and oxygen atoms in total. The van der Waals surface area contributed by atoms with Crippen molar-refractivity contribution in [2.75, 3.05) is 5.32 Å². The first-order chi connectivity index (χ1) is 13.1. The predicted molar refractivity (Wildman–Crippen MR) is 108 cm³/mol. The number of carbonyl (C=O) groups is 1. The lowest BCUT2D eigenvalue weighted by atomic mass is 10.1. The van der Waals surface area contributed by atoms with Crippen LogP contribution in [-0.4, -0.2) is 5.91 Å². The van der Waals surface area contributed by atoms with Crippen LogP contribution in [0.5, 0.6) is 0 Å². The van der Waals surface area contributed by atoms with Crippen LogP contribution >= 0.6 is 11.3 Å². The summed E-state index contributed by atoms with van der Waals surface area (Å²) in [4.78, 5) is 25.7. The summed E-state index contributed by atoms with van der Waals surface area (Å²) in [6.45, 7) is 0. The molecule has 27 heavy (non-hydrogen) atoms. The summed E-state index contributed by atoms with van der Waals surface area (Å²) in [5.74, 6) is -1.19. The van der Waals surface area contributed by atoms with Gasteiger partial charge in [-0.25, -0.2) is 4.39 Å². The van der Waals surface area contributed by atoms with Gasteiger partial charge in [-0.15, -0.1) is 11.3 Å². The lowest BCUT2D eigenvalue weighted by Gasteiger charge is -2.12. The highest BCUT2D eigenvalue weighted by molar-refractivity contribution is 7.22. The minimum absolute atomic E-state index is 0.0654. The molecule has 132 valence electrons. The van der Waals surface area contributed by atoms with Gasteiger partial charge in [-0.3, -0.25) is 9.59 Å². The van der Waals surface area contributed by atoms with Crippen LogP contribution in [0, 0.1) is 5.82 Å². The van der Waals surface area contributed by atoms with Crippen molar-refractivity contribution < 1.29 is 9.18 Å². The minimum Gasteiger partial charge on any atom is -0.313 e. The van der Waals surface area contributed by atoms with E-state index >= 15 is 0 Å². The number of carbonyl (C=O) groups excluding carboxylic acids is 1. The molecule has 1 aromatic heterocycles. The molecule has 0 saturated carbocycles. The number of halogens is 1. The maximum absolute atomic E-state index is 14.0. The van der Waals surface area contributed by atoms with E-state index in [0.717, 1.165) is 4.70 Å². The standard InChI is InChI=1S/C22H14FNO2S/c23-17-12-6-4-10-15(17)21(26)24-22-19(14-8-2-1-3-9-14)20(25)16-11-5-7-13-18(16)27-22/h1-13H,(H,24,26). The Labute approximate surface area is 158 Å². The van der Waals surface area contributed by atoms with E-state index in [1.54, 1.807) is 12.1 Å². The number of rotatable bonds is 3. The number of hydrogen-bond acceptors (Lipinski definition) is 3. The Balaban J connectivity index is 1.90. The summed E-state index contributed by atoms with van der Waals surface area (Å²) < 4.78 is 14.7. The maximum atomic E-state index is 14.0. The molecule has 4 aromatic rings. The molecule has 0 spiro atoms. The van der Waals surface area contributed by atoms with Crippen LogP contribution < -0.4 is 10.7 Å². The molecule has 0 saturated heterocycles. The largest absolute Gasteiger partial charge is 0.313 e. The molecule has 0 unspecified atom stereocenters. The van der Waals surface area contributed by atoms with Gasteiger partial charge in [-0.1, -0.05) is 54.6 Å². The van der Waals surface area contributed by atoms with E-state index < -0.39 is 11.7 Å². The Bertz CT molecular complexity index is 1200. The Hall–Kier alpha value is -3.31. The number of anilines is 1. The zero-order valence-corrected chi connectivity index (χ0v) is 14.9. The third-order valence-electron chi connectivity index (χ3n) is 4.21. The molecule has 1 heterocycles. The van der Waals surface area contributed by atoms with Crippen molar-refractivity contribution in [2.24, 2.45) is 0 Å². The summed E-state index contributed by atoms with van der Waals surface area (Å²) >= 11 is 1.30. The van der Waals surface area contributed by atoms with Crippen molar-refractivity contribution in [3.8, 4) is 11.1 Å². The van der Waals surface area contributed by atoms with Gasteiger partial charge in [0.25, 0.3) is 5.91 Å². The van der Waals surface area contributed by atoms with Crippen molar-refractivity contribution >= 4 is 32.3 Å². The number of hydrogen-bond donors (Lipinski definition) is 1. The first-order valence-corrected chi connectivity index (χ1v) is 9.14. The van der Waals surface area contributed by atoms with E-state index in [1.165, 1.54) is 29.5 Å². The van der Waals surface area contributed by atoms with Gasteiger partial charge < -0.3 is 5.32 Å². The van der Waals surface area contributed by atoms with Gasteiger partial charge in [0.15, 0.2) is 5.43 Å². The van der Waals surface area contributed by atoms with Gasteiger partial charge in [-0.2, -0.15) is 0 Å². The van der Waals surface area contributed by atoms with Gasteiger partial charge in [0, 0.05) is 10.1 Å². The summed E-state index contributed by atoms with van der Waals surface area (Å²) in [6, 6.07) is 22.2. The second-order valence-corrected chi connectivity index (χ2v) is 6.98. The number of amides is 1. The highest BCUT2D eigenvalue weighted by Gasteiger charge is 2.18. The van der Waals surface area contributed by atoms with Crippen LogP contribution in [0.4, 0.5) is 9.39 Å². The summed E-state index contributed by atoms with van der Waals surface area (Å²) in [5, 5.41) is 3.73. The molecule has 0 aliphatic heterocycles. The third kappa shape index (κ3) is 3.25. The van der Waals surface area contributed by atoms with E-state index in [-0.39, 0.29) is 11.0 Å². The Morgan fingerprint density at radius 3 is 2.30 bits per heavy atom. The molecule has 0 fully saturated rings. The lowest BCUT2D eigenvalue weighted by Crippen LogP contribution is -2.16. The van der Waals surface area contributed by atoms with Gasteiger partial charge in [0.2, 0.25) is 0 Å². The zero-order chi connectivity index (χ0) is 18.8. The van der Waals surface area contributed by atoms with Crippen LogP contribution in [0.25, 0.3) is 21.2 Å². The molecule has 0 bridgehead atoms. The quantitative estimate of drug-likeness (QED) is 0.527. The van der Waals surface area contributed by atoms with Gasteiger partial charge in [-0.05, 0) is 29.8 Å². The van der Waals surface area contributed by atoms with E-state index in [4.69, 9.17) is 0 Å². The smallest absolute Gasteiger partial charge is 0.259 e. The van der Waals surface area contributed by atoms with E-state index in [2.05, 4.69) is 5.32 Å². The highest BCUT2D eigenvalue weighted by Crippen LogP contribution is 2.33.